The Morgan fingerprint density at radius 3 is 2.53 bits per heavy atom. The first kappa shape index (κ1) is 44.8. The van der Waals surface area contributed by atoms with E-state index in [1.165, 1.54) is 43.4 Å². The van der Waals surface area contributed by atoms with Crippen molar-refractivity contribution in [3.63, 3.8) is 0 Å². The van der Waals surface area contributed by atoms with Gasteiger partial charge >= 0.3 is 5.97 Å². The van der Waals surface area contributed by atoms with Crippen molar-refractivity contribution in [2.24, 2.45) is 17.8 Å². The summed E-state index contributed by atoms with van der Waals surface area (Å²) < 4.78 is 74.4. The number of hydrogen-bond donors (Lipinski definition) is 3. The predicted molar refractivity (Wildman–Crippen MR) is 222 cm³/mol. The summed E-state index contributed by atoms with van der Waals surface area (Å²) in [4.78, 5) is 22.6. The molecule has 6 atom stereocenters. The Balaban J connectivity index is 1.22. The number of aliphatic hydroxyl groups excluding tert-OH is 1. The molecule has 17 heteroatoms. The van der Waals surface area contributed by atoms with Crippen molar-refractivity contribution < 1.29 is 46.1 Å². The van der Waals surface area contributed by atoms with Crippen LogP contribution in [0, 0.1) is 17.8 Å². The summed E-state index contributed by atoms with van der Waals surface area (Å²) >= 11 is 1.54. The first-order valence-corrected chi connectivity index (χ1v) is 22.6. The number of alkyl halides is 1. The minimum Gasteiger partial charge on any atom is -0.486 e. The fourth-order valence-electron chi connectivity index (χ4n) is 7.27. The van der Waals surface area contributed by atoms with E-state index in [9.17, 15) is 18.3 Å². The second kappa shape index (κ2) is 19.3. The fraction of sp³-hybridized carbons (Fsp3) is 0.595. The number of nitrogens with one attached hydrogen (secondary N) is 2. The Bertz CT molecular complexity index is 2100. The molecule has 0 saturated carbocycles. The number of nitrogens with zero attached hydrogens (tertiary/aromatic N) is 3. The van der Waals surface area contributed by atoms with E-state index < -0.39 is 59.2 Å². The van der Waals surface area contributed by atoms with Gasteiger partial charge in [0.1, 0.15) is 34.7 Å². The normalized spacial score (nSPS) is 20.7. The molecule has 4 heterocycles. The quantitative estimate of drug-likeness (QED) is 0.0819. The highest BCUT2D eigenvalue weighted by molar-refractivity contribution is 7.89. The van der Waals surface area contributed by atoms with Gasteiger partial charge in [-0.25, -0.2) is 17.8 Å². The van der Waals surface area contributed by atoms with Crippen LogP contribution in [-0.2, 0) is 48.5 Å². The van der Waals surface area contributed by atoms with E-state index in [1.54, 1.807) is 12.1 Å². The molecule has 2 saturated heterocycles. The molecule has 14 nitrogen and oxygen atoms in total. The predicted octanol–water partition coefficient (Wildman–Crippen LogP) is 6.12. The molecule has 2 aliphatic heterocycles. The topological polar surface area (TPSA) is 175 Å². The largest absolute Gasteiger partial charge is 0.486 e. The van der Waals surface area contributed by atoms with E-state index in [0.717, 1.165) is 33.5 Å². The second-order valence-corrected chi connectivity index (χ2v) is 19.6. The highest BCUT2D eigenvalue weighted by Gasteiger charge is 2.50. The van der Waals surface area contributed by atoms with Crippen molar-refractivity contribution in [2.45, 2.75) is 115 Å². The zero-order valence-corrected chi connectivity index (χ0v) is 36.5. The summed E-state index contributed by atoms with van der Waals surface area (Å²) in [5.74, 6) is -0.588. The van der Waals surface area contributed by atoms with Gasteiger partial charge in [0.2, 0.25) is 10.0 Å². The van der Waals surface area contributed by atoms with Gasteiger partial charge in [0.15, 0.2) is 11.9 Å². The molecule has 2 aromatic heterocycles. The lowest BCUT2D eigenvalue weighted by atomic mass is 9.90. The minimum absolute atomic E-state index is 0.0263. The summed E-state index contributed by atoms with van der Waals surface area (Å²) in [6, 6.07) is 11.7. The maximum absolute atomic E-state index is 15.4. The number of esters is 1. The number of anilines is 1. The molecule has 6 rings (SSSR count). The Morgan fingerprint density at radius 1 is 1.10 bits per heavy atom. The molecule has 59 heavy (non-hydrogen) atoms. The van der Waals surface area contributed by atoms with Crippen molar-refractivity contribution in [2.75, 3.05) is 38.2 Å². The summed E-state index contributed by atoms with van der Waals surface area (Å²) in [5.41, 5.74) is 0.480. The third-order valence-corrected chi connectivity index (χ3v) is 12.9. The van der Waals surface area contributed by atoms with Crippen LogP contribution in [0.25, 0.3) is 11.1 Å². The Labute approximate surface area is 350 Å². The highest BCUT2D eigenvalue weighted by atomic mass is 32.2. The molecule has 3 N–H and O–H groups in total. The van der Waals surface area contributed by atoms with Gasteiger partial charge in [0, 0.05) is 42.5 Å². The van der Waals surface area contributed by atoms with E-state index in [0.29, 0.717) is 30.4 Å². The number of aromatic nitrogens is 2. The molecule has 0 unspecified atom stereocenters. The Hall–Kier alpha value is -3.71. The van der Waals surface area contributed by atoms with E-state index in [1.807, 2.05) is 38.3 Å². The minimum atomic E-state index is -4.40. The molecule has 2 aromatic carbocycles. The van der Waals surface area contributed by atoms with Crippen molar-refractivity contribution in [3.8, 4) is 5.75 Å². The molecule has 0 aliphatic carbocycles. The van der Waals surface area contributed by atoms with Gasteiger partial charge in [-0.05, 0) is 82.8 Å². The molecule has 0 bridgehead atoms. The second-order valence-electron chi connectivity index (χ2n) is 16.8. The van der Waals surface area contributed by atoms with Gasteiger partial charge < -0.3 is 39.1 Å². The molecule has 2 fully saturated rings. The zero-order chi connectivity index (χ0) is 42.5. The van der Waals surface area contributed by atoms with Crippen LogP contribution in [0.1, 0.15) is 71.2 Å². The summed E-state index contributed by atoms with van der Waals surface area (Å²) in [6.07, 6.45) is -1.71. The SMILES string of the molecule is CCc1csc(COc2ccc(C[C@H](CC(=O)O[C@H]3CO[C@H]4OC[C@H](NCC(C)C)[C@H]43)[C@H](O)CN(CC(C)(C)F)S(=O)(=O)c3ccc4nc(NC(C)C)oc4c3)cc2)n1. The number of rotatable bonds is 21. The van der Waals surface area contributed by atoms with Gasteiger partial charge in [-0.1, -0.05) is 32.9 Å². The van der Waals surface area contributed by atoms with Crippen molar-refractivity contribution >= 4 is 44.4 Å². The van der Waals surface area contributed by atoms with Gasteiger partial charge in [-0.3, -0.25) is 4.79 Å². The van der Waals surface area contributed by atoms with Crippen LogP contribution in [-0.4, -0.2) is 103 Å². The van der Waals surface area contributed by atoms with Crippen LogP contribution in [0.15, 0.2) is 57.2 Å². The zero-order valence-electron chi connectivity index (χ0n) is 34.9. The molecular formula is C42H58FN5O9S2. The molecule has 0 spiro atoms. The average Bonchev–Trinajstić information content (AvgIpc) is 3.97. The number of aliphatic hydroxyl groups is 1. The maximum atomic E-state index is 15.4. The molecule has 4 aromatic rings. The number of carbonyl (C=O) groups excluding carboxylic acids is 1. The first-order valence-electron chi connectivity index (χ1n) is 20.3. The fourth-order valence-corrected chi connectivity index (χ4v) is 9.68. The van der Waals surface area contributed by atoms with Crippen LogP contribution < -0.4 is 15.4 Å². The highest BCUT2D eigenvalue weighted by Crippen LogP contribution is 2.35. The summed E-state index contributed by atoms with van der Waals surface area (Å²) in [6.45, 7) is 13.3. The lowest BCUT2D eigenvalue weighted by Crippen LogP contribution is -2.46. The lowest BCUT2D eigenvalue weighted by Gasteiger charge is -2.32. The number of benzene rings is 2. The van der Waals surface area contributed by atoms with Crippen LogP contribution >= 0.6 is 11.3 Å². The standard InChI is InChI=1S/C42H58FN5O9S2/c1-8-29-23-58-37(46-29)22-53-30-11-9-27(10-12-30)15-28(16-38(50)56-36-21-55-40-39(36)33(20-54-40)44-18-25(2)3)34(49)19-48(24-42(6,7)43)59(51,52)31-13-14-32-35(17-31)57-41(47-32)45-26(4)5/h9-14,17,23,25-26,28,33-34,36,39-40,44,49H,8,15-16,18-22,24H2,1-7H3,(H,45,47)/t28-,33+,34-,36+,39+,40-/m1/s1. The molecule has 0 amide bonds. The smallest absolute Gasteiger partial charge is 0.306 e. The third-order valence-electron chi connectivity index (χ3n) is 10.2. The summed E-state index contributed by atoms with van der Waals surface area (Å²) in [7, 11) is -4.40. The number of halogens is 1. The number of oxazole rings is 1. The number of thiazole rings is 1. The molecule has 324 valence electrons. The van der Waals surface area contributed by atoms with Crippen LogP contribution in [0.2, 0.25) is 0 Å². The van der Waals surface area contributed by atoms with Gasteiger partial charge in [0.25, 0.3) is 6.01 Å². The van der Waals surface area contributed by atoms with Gasteiger partial charge in [0.05, 0.1) is 42.2 Å². The Morgan fingerprint density at radius 2 is 1.85 bits per heavy atom. The number of hydrogen-bond acceptors (Lipinski definition) is 14. The molecular weight excluding hydrogens is 802 g/mol. The van der Waals surface area contributed by atoms with E-state index >= 15 is 4.39 Å². The number of fused-ring (bicyclic) bond motifs is 2. The van der Waals surface area contributed by atoms with Crippen LogP contribution in [0.3, 0.4) is 0 Å². The molecule has 0 radical (unpaired) electrons. The number of ether oxygens (including phenoxy) is 4. The van der Waals surface area contributed by atoms with E-state index in [2.05, 4.69) is 34.4 Å². The van der Waals surface area contributed by atoms with Gasteiger partial charge in [-0.2, -0.15) is 9.29 Å². The van der Waals surface area contributed by atoms with Crippen LogP contribution in [0.5, 0.6) is 5.75 Å². The Kier molecular flexibility index (Phi) is 14.7. The van der Waals surface area contributed by atoms with Gasteiger partial charge in [-0.15, -0.1) is 11.3 Å². The lowest BCUT2D eigenvalue weighted by molar-refractivity contribution is -0.153. The molecule has 2 aliphatic rings. The maximum Gasteiger partial charge on any atom is 0.306 e. The average molecular weight is 860 g/mol. The first-order chi connectivity index (χ1) is 28.0. The van der Waals surface area contributed by atoms with Crippen LogP contribution in [0.4, 0.5) is 10.4 Å². The third kappa shape index (κ3) is 12.0. The monoisotopic (exact) mass is 859 g/mol. The number of sulfonamides is 1. The number of carbonyl (C=O) groups is 1. The summed E-state index contributed by atoms with van der Waals surface area (Å²) in [5, 5.41) is 21.4. The van der Waals surface area contributed by atoms with E-state index in [4.69, 9.17) is 23.4 Å². The van der Waals surface area contributed by atoms with Crippen molar-refractivity contribution in [1.29, 1.82) is 0 Å². The van der Waals surface area contributed by atoms with Crippen molar-refractivity contribution in [1.82, 2.24) is 19.6 Å². The van der Waals surface area contributed by atoms with E-state index in [-0.39, 0.29) is 53.9 Å². The number of aryl methyl sites for hydroxylation is 1. The van der Waals surface area contributed by atoms with Crippen molar-refractivity contribution in [3.05, 3.63) is 64.1 Å².